The predicted octanol–water partition coefficient (Wildman–Crippen LogP) is 3.78. The molecule has 0 unspecified atom stereocenters. The molecule has 0 bridgehead atoms. The van der Waals surface area contributed by atoms with Gasteiger partial charge in [-0.3, -0.25) is 9.69 Å². The lowest BCUT2D eigenvalue weighted by atomic mass is 10.0. The van der Waals surface area contributed by atoms with Gasteiger partial charge in [0.2, 0.25) is 5.91 Å². The van der Waals surface area contributed by atoms with Gasteiger partial charge in [-0.1, -0.05) is 77.9 Å². The predicted molar refractivity (Wildman–Crippen MR) is 144 cm³/mol. The number of piperazine rings is 1. The van der Waals surface area contributed by atoms with Crippen molar-refractivity contribution in [1.29, 1.82) is 0 Å². The number of allylic oxidation sites excluding steroid dienone is 1. The van der Waals surface area contributed by atoms with Crippen LogP contribution in [-0.4, -0.2) is 63.7 Å². The van der Waals surface area contributed by atoms with Crippen LogP contribution in [-0.2, 0) is 4.79 Å². The van der Waals surface area contributed by atoms with Gasteiger partial charge in [-0.05, 0) is 52.2 Å². The van der Waals surface area contributed by atoms with Gasteiger partial charge in [-0.2, -0.15) is 4.68 Å². The second kappa shape index (κ2) is 9.89. The Labute approximate surface area is 216 Å². The topological polar surface area (TPSA) is 70.4 Å². The number of benzene rings is 3. The number of anilines is 2. The summed E-state index contributed by atoms with van der Waals surface area (Å²) in [5.41, 5.74) is 5.50. The maximum atomic E-state index is 13.6. The quantitative estimate of drug-likeness (QED) is 0.423. The largest absolute Gasteiger partial charge is 0.368 e. The van der Waals surface area contributed by atoms with Crippen molar-refractivity contribution in [3.05, 3.63) is 108 Å². The Balaban J connectivity index is 1.25. The molecule has 8 heteroatoms. The minimum atomic E-state index is -0.161. The Bertz CT molecular complexity index is 1410. The van der Waals surface area contributed by atoms with Crippen LogP contribution in [0.3, 0.4) is 0 Å². The van der Waals surface area contributed by atoms with Gasteiger partial charge in [-0.15, -0.1) is 0 Å². The smallest absolute Gasteiger partial charge is 0.251 e. The summed E-state index contributed by atoms with van der Waals surface area (Å²) in [5, 5.41) is 12.6. The van der Waals surface area contributed by atoms with Crippen molar-refractivity contribution in [3.63, 3.8) is 0 Å². The minimum Gasteiger partial charge on any atom is -0.368 e. The van der Waals surface area contributed by atoms with Gasteiger partial charge in [0, 0.05) is 31.9 Å². The first kappa shape index (κ1) is 23.0. The molecule has 4 aromatic rings. The maximum absolute atomic E-state index is 13.6. The first-order valence-electron chi connectivity index (χ1n) is 12.6. The highest BCUT2D eigenvalue weighted by Crippen LogP contribution is 2.36. The van der Waals surface area contributed by atoms with E-state index in [9.17, 15) is 4.79 Å². The molecule has 3 aromatic carbocycles. The Hall–Kier alpha value is -4.46. The normalized spacial score (nSPS) is 17.4. The van der Waals surface area contributed by atoms with Gasteiger partial charge < -0.3 is 9.80 Å². The van der Waals surface area contributed by atoms with Crippen LogP contribution in [0.4, 0.5) is 11.6 Å². The number of tetrazole rings is 1. The standard InChI is InChI=1S/C29H29N7O/c1-22-9-8-14-25(19-22)33-15-17-34(18-16-33)28(37)21-35-26(23-10-4-2-5-11-23)20-27(24-12-6-3-7-13-24)36-29(35)30-31-32-36/h2-14,19-20,27H,15-18,21H2,1H3/t27-/m0/s1. The van der Waals surface area contributed by atoms with Crippen LogP contribution < -0.4 is 9.80 Å². The minimum absolute atomic E-state index is 0.0680. The SMILES string of the molecule is Cc1cccc(N2CCN(C(=O)CN3C(c4ccccc4)=C[C@@H](c4ccccc4)n4nnnc43)CC2)c1. The van der Waals surface area contributed by atoms with Crippen molar-refractivity contribution < 1.29 is 4.79 Å². The fraction of sp³-hybridized carbons (Fsp3) is 0.241. The van der Waals surface area contributed by atoms with Gasteiger partial charge in [0.25, 0.3) is 5.95 Å². The van der Waals surface area contributed by atoms with E-state index in [1.54, 1.807) is 4.68 Å². The third-order valence-electron chi connectivity index (χ3n) is 7.09. The number of hydrogen-bond donors (Lipinski definition) is 0. The van der Waals surface area contributed by atoms with Gasteiger partial charge in [0.1, 0.15) is 12.6 Å². The lowest BCUT2D eigenvalue weighted by Gasteiger charge is -2.38. The average molecular weight is 492 g/mol. The highest BCUT2D eigenvalue weighted by Gasteiger charge is 2.33. The van der Waals surface area contributed by atoms with E-state index in [1.165, 1.54) is 11.3 Å². The molecule has 1 saturated heterocycles. The molecule has 1 atom stereocenters. The summed E-state index contributed by atoms with van der Waals surface area (Å²) in [6, 6.07) is 28.7. The van der Waals surface area contributed by atoms with Gasteiger partial charge in [0.15, 0.2) is 0 Å². The second-order valence-electron chi connectivity index (χ2n) is 9.49. The molecule has 2 aliphatic rings. The molecule has 37 heavy (non-hydrogen) atoms. The lowest BCUT2D eigenvalue weighted by molar-refractivity contribution is -0.129. The number of carbonyl (C=O) groups is 1. The van der Waals surface area contributed by atoms with Crippen molar-refractivity contribution in [2.75, 3.05) is 42.5 Å². The summed E-state index contributed by atoms with van der Waals surface area (Å²) < 4.78 is 1.80. The Kier molecular flexibility index (Phi) is 6.14. The first-order valence-corrected chi connectivity index (χ1v) is 12.6. The Morgan fingerprint density at radius 2 is 1.62 bits per heavy atom. The zero-order valence-electron chi connectivity index (χ0n) is 20.8. The summed E-state index contributed by atoms with van der Waals surface area (Å²) in [7, 11) is 0. The van der Waals surface area contributed by atoms with Crippen LogP contribution in [0.15, 0.2) is 91.0 Å². The number of carbonyl (C=O) groups excluding carboxylic acids is 1. The van der Waals surface area contributed by atoms with E-state index in [1.807, 2.05) is 46.2 Å². The van der Waals surface area contributed by atoms with Crippen molar-refractivity contribution in [2.24, 2.45) is 0 Å². The van der Waals surface area contributed by atoms with E-state index in [4.69, 9.17) is 0 Å². The van der Waals surface area contributed by atoms with Gasteiger partial charge in [0.05, 0.1) is 5.70 Å². The van der Waals surface area contributed by atoms with Gasteiger partial charge in [-0.25, -0.2) is 0 Å². The molecule has 1 amide bonds. The van der Waals surface area contributed by atoms with Gasteiger partial charge >= 0.3 is 0 Å². The van der Waals surface area contributed by atoms with E-state index in [0.717, 1.165) is 29.9 Å². The molecule has 0 spiro atoms. The van der Waals surface area contributed by atoms with Crippen molar-refractivity contribution in [2.45, 2.75) is 13.0 Å². The summed E-state index contributed by atoms with van der Waals surface area (Å²) in [6.07, 6.45) is 2.15. The van der Waals surface area contributed by atoms with Crippen LogP contribution in [0.2, 0.25) is 0 Å². The zero-order valence-corrected chi connectivity index (χ0v) is 20.8. The summed E-state index contributed by atoms with van der Waals surface area (Å²) in [4.78, 5) is 19.8. The summed E-state index contributed by atoms with van der Waals surface area (Å²) in [5.74, 6) is 0.639. The molecule has 1 fully saturated rings. The third kappa shape index (κ3) is 4.58. The molecule has 0 saturated carbocycles. The van der Waals surface area contributed by atoms with E-state index in [2.05, 4.69) is 82.0 Å². The van der Waals surface area contributed by atoms with Crippen LogP contribution in [0.25, 0.3) is 5.70 Å². The highest BCUT2D eigenvalue weighted by atomic mass is 16.2. The molecule has 2 aliphatic heterocycles. The Morgan fingerprint density at radius 3 is 2.35 bits per heavy atom. The second-order valence-corrected chi connectivity index (χ2v) is 9.49. The molecule has 186 valence electrons. The summed E-state index contributed by atoms with van der Waals surface area (Å²) >= 11 is 0. The van der Waals surface area contributed by atoms with Crippen LogP contribution in [0.5, 0.6) is 0 Å². The fourth-order valence-corrected chi connectivity index (χ4v) is 5.14. The molecule has 6 rings (SSSR count). The lowest BCUT2D eigenvalue weighted by Crippen LogP contribution is -2.51. The highest BCUT2D eigenvalue weighted by molar-refractivity contribution is 5.89. The number of amides is 1. The molecule has 0 aliphatic carbocycles. The molecule has 3 heterocycles. The van der Waals surface area contributed by atoms with Crippen molar-refractivity contribution >= 4 is 23.2 Å². The number of fused-ring (bicyclic) bond motifs is 1. The monoisotopic (exact) mass is 491 g/mol. The number of rotatable bonds is 5. The van der Waals surface area contributed by atoms with E-state index in [-0.39, 0.29) is 18.5 Å². The number of hydrogen-bond acceptors (Lipinski definition) is 6. The molecule has 0 radical (unpaired) electrons. The molecule has 8 nitrogen and oxygen atoms in total. The average Bonchev–Trinajstić information content (AvgIpc) is 3.44. The molecular formula is C29H29N7O. The first-order chi connectivity index (χ1) is 18.2. The molecular weight excluding hydrogens is 462 g/mol. The van der Waals surface area contributed by atoms with Crippen molar-refractivity contribution in [3.8, 4) is 0 Å². The van der Waals surface area contributed by atoms with E-state index < -0.39 is 0 Å². The van der Waals surface area contributed by atoms with Crippen LogP contribution in [0.1, 0.15) is 22.7 Å². The number of aryl methyl sites for hydroxylation is 1. The molecule has 0 N–H and O–H groups in total. The van der Waals surface area contributed by atoms with E-state index >= 15 is 0 Å². The number of aromatic nitrogens is 4. The molecule has 1 aromatic heterocycles. The fourth-order valence-electron chi connectivity index (χ4n) is 5.14. The number of nitrogens with zero attached hydrogens (tertiary/aromatic N) is 7. The zero-order chi connectivity index (χ0) is 25.2. The van der Waals surface area contributed by atoms with Crippen LogP contribution in [0, 0.1) is 6.92 Å². The Morgan fingerprint density at radius 1 is 0.892 bits per heavy atom. The van der Waals surface area contributed by atoms with E-state index in [0.29, 0.717) is 19.0 Å². The summed E-state index contributed by atoms with van der Waals surface area (Å²) in [6.45, 7) is 5.27. The van der Waals surface area contributed by atoms with Crippen molar-refractivity contribution in [1.82, 2.24) is 25.1 Å². The van der Waals surface area contributed by atoms with Crippen LogP contribution >= 0.6 is 0 Å². The third-order valence-corrected chi connectivity index (χ3v) is 7.09. The maximum Gasteiger partial charge on any atom is 0.251 e.